The molecule has 0 saturated heterocycles. The third kappa shape index (κ3) is 7.55. The van der Waals surface area contributed by atoms with Crippen LogP contribution in [0.2, 0.25) is 0 Å². The second kappa shape index (κ2) is 12.2. The molecule has 176 valence electrons. The van der Waals surface area contributed by atoms with Gasteiger partial charge in [0.2, 0.25) is 0 Å². The summed E-state index contributed by atoms with van der Waals surface area (Å²) in [5.74, 6) is -0.231. The Labute approximate surface area is 203 Å². The summed E-state index contributed by atoms with van der Waals surface area (Å²) in [7, 11) is 0. The molecule has 0 unspecified atom stereocenters. The average molecular weight is 468 g/mol. The summed E-state index contributed by atoms with van der Waals surface area (Å²) in [6, 6.07) is 25.4. The van der Waals surface area contributed by atoms with Gasteiger partial charge in [0.05, 0.1) is 28.3 Å². The Morgan fingerprint density at radius 3 is 1.80 bits per heavy atom. The summed E-state index contributed by atoms with van der Waals surface area (Å²) in [5, 5.41) is 17.3. The van der Waals surface area contributed by atoms with Gasteiger partial charge in [-0.2, -0.15) is 10.2 Å². The molecule has 0 aliphatic rings. The summed E-state index contributed by atoms with van der Waals surface area (Å²) < 4.78 is 5.95. The minimum Gasteiger partial charge on any atom is -0.492 e. The third-order valence-corrected chi connectivity index (χ3v) is 5.13. The van der Waals surface area contributed by atoms with Crippen molar-refractivity contribution in [3.05, 3.63) is 114 Å². The predicted octanol–water partition coefficient (Wildman–Crippen LogP) is 5.67. The van der Waals surface area contributed by atoms with E-state index >= 15 is 0 Å². The molecule has 0 spiro atoms. The van der Waals surface area contributed by atoms with E-state index in [0.29, 0.717) is 37.6 Å². The van der Waals surface area contributed by atoms with Gasteiger partial charge in [0, 0.05) is 32.0 Å². The van der Waals surface area contributed by atoms with Crippen LogP contribution in [0.1, 0.15) is 21.7 Å². The number of pyridine rings is 2. The van der Waals surface area contributed by atoms with Gasteiger partial charge in [-0.1, -0.05) is 12.1 Å². The molecular formula is C27H25N5O3. The highest BCUT2D eigenvalue weighted by Gasteiger charge is 2.09. The summed E-state index contributed by atoms with van der Waals surface area (Å²) in [6.07, 6.45) is 3.60. The minimum atomic E-state index is -0.972. The summed E-state index contributed by atoms with van der Waals surface area (Å²) in [4.78, 5) is 22.1. The quantitative estimate of drug-likeness (QED) is 0.285. The highest BCUT2D eigenvalue weighted by molar-refractivity contribution is 5.87. The molecule has 2 aromatic carbocycles. The molecule has 0 aliphatic carbocycles. The van der Waals surface area contributed by atoms with Gasteiger partial charge in [-0.25, -0.2) is 4.79 Å². The van der Waals surface area contributed by atoms with Crippen LogP contribution in [0.25, 0.3) is 0 Å². The fraction of sp³-hybridized carbons (Fsp3) is 0.148. The molecule has 35 heavy (non-hydrogen) atoms. The van der Waals surface area contributed by atoms with E-state index in [4.69, 9.17) is 9.84 Å². The van der Waals surface area contributed by atoms with Crippen LogP contribution in [0.5, 0.6) is 5.75 Å². The van der Waals surface area contributed by atoms with Crippen LogP contribution >= 0.6 is 0 Å². The van der Waals surface area contributed by atoms with Crippen LogP contribution in [0.3, 0.4) is 0 Å². The molecule has 0 radical (unpaired) electrons. The fourth-order valence-corrected chi connectivity index (χ4v) is 3.34. The number of azo groups is 1. The largest absolute Gasteiger partial charge is 0.492 e. The monoisotopic (exact) mass is 467 g/mol. The number of carboxylic acids is 1. The smallest absolute Gasteiger partial charge is 0.335 e. The Morgan fingerprint density at radius 2 is 1.31 bits per heavy atom. The molecule has 0 amide bonds. The van der Waals surface area contributed by atoms with Crippen molar-refractivity contribution >= 4 is 17.3 Å². The molecule has 2 aromatic heterocycles. The molecule has 0 atom stereocenters. The number of ether oxygens (including phenoxy) is 1. The third-order valence-electron chi connectivity index (χ3n) is 5.13. The van der Waals surface area contributed by atoms with E-state index in [1.165, 1.54) is 12.1 Å². The number of benzene rings is 2. The minimum absolute atomic E-state index is 0.212. The van der Waals surface area contributed by atoms with Gasteiger partial charge in [0.1, 0.15) is 12.4 Å². The molecule has 2 heterocycles. The molecule has 0 saturated carbocycles. The zero-order chi connectivity index (χ0) is 24.3. The van der Waals surface area contributed by atoms with Crippen molar-refractivity contribution < 1.29 is 14.6 Å². The van der Waals surface area contributed by atoms with Crippen molar-refractivity contribution in [2.75, 3.05) is 13.2 Å². The van der Waals surface area contributed by atoms with Gasteiger partial charge in [-0.3, -0.25) is 14.9 Å². The van der Waals surface area contributed by atoms with Crippen LogP contribution < -0.4 is 4.74 Å². The molecule has 8 nitrogen and oxygen atoms in total. The zero-order valence-electron chi connectivity index (χ0n) is 19.1. The molecule has 4 aromatic rings. The van der Waals surface area contributed by atoms with Crippen LogP contribution in [0.15, 0.2) is 108 Å². The maximum atomic E-state index is 10.9. The first-order valence-corrected chi connectivity index (χ1v) is 11.2. The maximum Gasteiger partial charge on any atom is 0.335 e. The average Bonchev–Trinajstić information content (AvgIpc) is 2.89. The van der Waals surface area contributed by atoms with Crippen molar-refractivity contribution in [1.29, 1.82) is 0 Å². The Balaban J connectivity index is 1.31. The molecule has 4 rings (SSSR count). The van der Waals surface area contributed by atoms with Gasteiger partial charge in [-0.15, -0.1) is 0 Å². The number of nitrogens with zero attached hydrogens (tertiary/aromatic N) is 5. The zero-order valence-corrected chi connectivity index (χ0v) is 19.1. The van der Waals surface area contributed by atoms with Crippen LogP contribution in [0.4, 0.5) is 11.4 Å². The van der Waals surface area contributed by atoms with Crippen molar-refractivity contribution in [3.8, 4) is 5.75 Å². The lowest BCUT2D eigenvalue weighted by molar-refractivity contribution is 0.0697. The second-order valence-corrected chi connectivity index (χ2v) is 7.75. The number of rotatable bonds is 11. The number of aromatic carboxylic acids is 1. The van der Waals surface area contributed by atoms with Crippen molar-refractivity contribution in [1.82, 2.24) is 14.9 Å². The lowest BCUT2D eigenvalue weighted by atomic mass is 10.2. The number of hydrogen-bond donors (Lipinski definition) is 1. The molecule has 0 bridgehead atoms. The van der Waals surface area contributed by atoms with Gasteiger partial charge >= 0.3 is 5.97 Å². The van der Waals surface area contributed by atoms with Crippen LogP contribution in [0, 0.1) is 0 Å². The Hall–Kier alpha value is -4.43. The van der Waals surface area contributed by atoms with E-state index in [2.05, 4.69) is 25.1 Å². The fourth-order valence-electron chi connectivity index (χ4n) is 3.34. The Morgan fingerprint density at radius 1 is 0.771 bits per heavy atom. The summed E-state index contributed by atoms with van der Waals surface area (Å²) >= 11 is 0. The highest BCUT2D eigenvalue weighted by Crippen LogP contribution is 2.22. The van der Waals surface area contributed by atoms with E-state index in [1.807, 2.05) is 60.7 Å². The van der Waals surface area contributed by atoms with E-state index in [9.17, 15) is 4.79 Å². The number of hydrogen-bond acceptors (Lipinski definition) is 7. The summed E-state index contributed by atoms with van der Waals surface area (Å²) in [5.41, 5.74) is 3.46. The van der Waals surface area contributed by atoms with E-state index in [0.717, 1.165) is 17.1 Å². The Kier molecular flexibility index (Phi) is 8.23. The van der Waals surface area contributed by atoms with Crippen molar-refractivity contribution in [2.24, 2.45) is 10.2 Å². The molecule has 1 N–H and O–H groups in total. The van der Waals surface area contributed by atoms with E-state index in [1.54, 1.807) is 24.5 Å². The van der Waals surface area contributed by atoms with Crippen molar-refractivity contribution in [2.45, 2.75) is 13.1 Å². The van der Waals surface area contributed by atoms with Gasteiger partial charge in [-0.05, 0) is 72.8 Å². The Bertz CT molecular complexity index is 1190. The molecule has 8 heteroatoms. The van der Waals surface area contributed by atoms with Crippen molar-refractivity contribution in [3.63, 3.8) is 0 Å². The SMILES string of the molecule is O=C(O)c1ccc(N=Nc2ccc(OCCN(Cc3ccccn3)Cc3ccccn3)cc2)cc1. The van der Waals surface area contributed by atoms with Gasteiger partial charge in [0.15, 0.2) is 0 Å². The maximum absolute atomic E-state index is 10.9. The van der Waals surface area contributed by atoms with E-state index < -0.39 is 5.97 Å². The number of carboxylic acid groups (broad SMARTS) is 1. The first kappa shape index (κ1) is 23.7. The topological polar surface area (TPSA) is 100 Å². The number of carbonyl (C=O) groups is 1. The second-order valence-electron chi connectivity index (χ2n) is 7.75. The molecule has 0 aliphatic heterocycles. The highest BCUT2D eigenvalue weighted by atomic mass is 16.5. The van der Waals surface area contributed by atoms with E-state index in [-0.39, 0.29) is 5.56 Å². The lowest BCUT2D eigenvalue weighted by Gasteiger charge is -2.21. The van der Waals surface area contributed by atoms with Crippen LogP contribution in [-0.2, 0) is 13.1 Å². The first-order valence-electron chi connectivity index (χ1n) is 11.2. The van der Waals surface area contributed by atoms with Gasteiger partial charge < -0.3 is 9.84 Å². The number of aromatic nitrogens is 2. The standard InChI is InChI=1S/C27H25N5O3/c33-27(34)21-7-9-22(10-8-21)30-31-23-11-13-26(14-12-23)35-18-17-32(19-24-5-1-3-15-28-24)20-25-6-2-4-16-29-25/h1-16H,17-20H2,(H,33,34). The molecular weight excluding hydrogens is 442 g/mol. The first-order chi connectivity index (χ1) is 17.2. The predicted molar refractivity (Wildman–Crippen MR) is 132 cm³/mol. The van der Waals surface area contributed by atoms with Crippen LogP contribution in [-0.4, -0.2) is 39.1 Å². The normalized spacial score (nSPS) is 11.1. The summed E-state index contributed by atoms with van der Waals surface area (Å²) in [6.45, 7) is 2.62. The van der Waals surface area contributed by atoms with Gasteiger partial charge in [0.25, 0.3) is 0 Å². The lowest BCUT2D eigenvalue weighted by Crippen LogP contribution is -2.28. The molecule has 0 fully saturated rings.